The van der Waals surface area contributed by atoms with E-state index >= 15 is 0 Å². The average Bonchev–Trinajstić information content (AvgIpc) is 4.41. The summed E-state index contributed by atoms with van der Waals surface area (Å²) in [4.78, 5) is 73.7. The van der Waals surface area contributed by atoms with E-state index in [2.05, 4.69) is 46.8 Å². The molecule has 2 atom stereocenters. The fraction of sp³-hybridized carbons (Fsp3) is 0.532. The van der Waals surface area contributed by atoms with Crippen LogP contribution < -0.4 is 25.4 Å². The number of ether oxygens (including phenoxy) is 6. The number of nitrogens with zero attached hydrogens (tertiary/aromatic N) is 6. The van der Waals surface area contributed by atoms with Gasteiger partial charge in [0.15, 0.2) is 0 Å². The number of anilines is 3. The SMILES string of the molecule is Cc1ncsc1-c1ccc(CNC(=O)[C@@H]2CCCN2C(=O)C(C(C)C)N2Cc3ccccc3C2=O)c(OCCCOCCCOCCOCCCOCCCOc2ccc(Nc3ncc(Br)c(NCCCN(C)C(=O)C4CCC4)n3)cc2)c1. The standard InChI is InChI=1S/C62H82BrN9O10S/c1-43(2)55(72-41-48-14-5-6-17-51(48)60(72)75)61(76)71-27-8-18-53(71)58(73)65-39-47-20-19-46(56-44(3)67-42-83-56)38-54(47)82-35-13-33-78-29-11-31-80-37-36-79-30-10-28-77-32-12-34-81-50-23-21-49(22-24-50)68-62-66-40-52(63)57(69-62)64-25-9-26-70(4)59(74)45-15-7-16-45/h5-6,14,17,19-24,38,40,42-43,45,53,55H,7-13,15-16,18,25-37,39,41H2,1-4H3,(H,65,73)(H2,64,66,68,69)/t53-,55?/m0/s1. The van der Waals surface area contributed by atoms with Crippen molar-refractivity contribution in [3.63, 3.8) is 0 Å². The number of amides is 4. The van der Waals surface area contributed by atoms with Gasteiger partial charge in [0.25, 0.3) is 5.91 Å². The summed E-state index contributed by atoms with van der Waals surface area (Å²) >= 11 is 5.10. The Kier molecular flexibility index (Phi) is 24.8. The molecule has 1 unspecified atom stereocenters. The number of aromatic nitrogens is 3. The molecule has 4 heterocycles. The number of hydrogen-bond donors (Lipinski definition) is 3. The van der Waals surface area contributed by atoms with E-state index in [4.69, 9.17) is 28.4 Å². The fourth-order valence-corrected chi connectivity index (χ4v) is 11.4. The van der Waals surface area contributed by atoms with Gasteiger partial charge in [0, 0.05) is 121 Å². The normalized spacial score (nSPS) is 15.3. The number of hydrogen-bond acceptors (Lipinski definition) is 16. The van der Waals surface area contributed by atoms with Crippen LogP contribution in [0.5, 0.6) is 11.5 Å². The minimum atomic E-state index is -0.669. The number of carbonyl (C=O) groups excluding carboxylic acids is 4. The molecule has 0 spiro atoms. The van der Waals surface area contributed by atoms with Crippen LogP contribution in [0.3, 0.4) is 0 Å². The number of nitrogens with one attached hydrogen (secondary N) is 3. The third-order valence-corrected chi connectivity index (χ3v) is 16.6. The second-order valence-corrected chi connectivity index (χ2v) is 23.3. The lowest BCUT2D eigenvalue weighted by atomic mass is 9.84. The van der Waals surface area contributed by atoms with E-state index in [9.17, 15) is 19.2 Å². The molecule has 5 aromatic rings. The second-order valence-electron chi connectivity index (χ2n) is 21.5. The first-order valence-corrected chi connectivity index (χ1v) is 31.1. The van der Waals surface area contributed by atoms with E-state index in [0.29, 0.717) is 135 Å². The van der Waals surface area contributed by atoms with Crippen LogP contribution in [-0.2, 0) is 46.4 Å². The van der Waals surface area contributed by atoms with Crippen LogP contribution in [0.4, 0.5) is 17.5 Å². The van der Waals surface area contributed by atoms with Crippen molar-refractivity contribution in [1.29, 1.82) is 0 Å². The molecule has 2 aliphatic heterocycles. The lowest BCUT2D eigenvalue weighted by molar-refractivity contribution is -0.143. The molecule has 3 N–H and O–H groups in total. The lowest BCUT2D eigenvalue weighted by Gasteiger charge is -2.35. The maximum atomic E-state index is 14.2. The molecule has 19 nitrogen and oxygen atoms in total. The van der Waals surface area contributed by atoms with Gasteiger partial charge in [0.05, 0.1) is 47.0 Å². The summed E-state index contributed by atoms with van der Waals surface area (Å²) in [5.41, 5.74) is 6.97. The molecule has 4 amide bonds. The van der Waals surface area contributed by atoms with Crippen molar-refractivity contribution in [1.82, 2.24) is 35.0 Å². The number of carbonyl (C=O) groups is 4. The molecule has 1 aliphatic carbocycles. The van der Waals surface area contributed by atoms with E-state index in [-0.39, 0.29) is 42.0 Å². The summed E-state index contributed by atoms with van der Waals surface area (Å²) in [7, 11) is 1.88. The van der Waals surface area contributed by atoms with Crippen molar-refractivity contribution < 1.29 is 47.6 Å². The quantitative estimate of drug-likeness (QED) is 0.0319. The van der Waals surface area contributed by atoms with Crippen molar-refractivity contribution in [2.45, 2.75) is 110 Å². The molecule has 0 bridgehead atoms. The summed E-state index contributed by atoms with van der Waals surface area (Å²) in [6, 6.07) is 19.9. The zero-order valence-electron chi connectivity index (χ0n) is 48.5. The van der Waals surface area contributed by atoms with Crippen molar-refractivity contribution in [3.8, 4) is 21.9 Å². The van der Waals surface area contributed by atoms with Gasteiger partial charge in [-0.2, -0.15) is 4.98 Å². The van der Waals surface area contributed by atoms with E-state index in [1.807, 2.05) is 105 Å². The van der Waals surface area contributed by atoms with Crippen LogP contribution in [0, 0.1) is 18.8 Å². The molecule has 21 heteroatoms. The first-order chi connectivity index (χ1) is 40.4. The van der Waals surface area contributed by atoms with E-state index < -0.39 is 12.1 Å². The molecule has 448 valence electrons. The van der Waals surface area contributed by atoms with Crippen LogP contribution in [0.25, 0.3) is 10.4 Å². The van der Waals surface area contributed by atoms with Crippen LogP contribution in [0.2, 0.25) is 0 Å². The number of benzene rings is 3. The van der Waals surface area contributed by atoms with Gasteiger partial charge in [-0.15, -0.1) is 11.3 Å². The number of fused-ring (bicyclic) bond motifs is 1. The molecule has 2 fully saturated rings. The Hall–Kier alpha value is -6.23. The van der Waals surface area contributed by atoms with E-state index in [0.717, 1.165) is 88.1 Å². The second kappa shape index (κ2) is 32.7. The van der Waals surface area contributed by atoms with Gasteiger partial charge < -0.3 is 59.1 Å². The molecule has 1 saturated heterocycles. The fourth-order valence-electron chi connectivity index (χ4n) is 10.3. The van der Waals surface area contributed by atoms with E-state index in [1.54, 1.807) is 27.3 Å². The monoisotopic (exact) mass is 1220 g/mol. The average molecular weight is 1230 g/mol. The van der Waals surface area contributed by atoms with Crippen LogP contribution in [0.1, 0.15) is 105 Å². The Morgan fingerprint density at radius 3 is 2.16 bits per heavy atom. The van der Waals surface area contributed by atoms with Gasteiger partial charge in [-0.1, -0.05) is 50.6 Å². The molecule has 2 aromatic heterocycles. The largest absolute Gasteiger partial charge is 0.494 e. The van der Waals surface area contributed by atoms with Crippen molar-refractivity contribution in [3.05, 3.63) is 105 Å². The summed E-state index contributed by atoms with van der Waals surface area (Å²) in [6.07, 6.45) is 9.98. The molecular weight excluding hydrogens is 1140 g/mol. The maximum absolute atomic E-state index is 14.2. The third-order valence-electron chi connectivity index (χ3n) is 15.0. The first-order valence-electron chi connectivity index (χ1n) is 29.4. The Morgan fingerprint density at radius 2 is 1.49 bits per heavy atom. The van der Waals surface area contributed by atoms with Crippen molar-refractivity contribution >= 4 is 68.3 Å². The molecule has 8 rings (SSSR count). The summed E-state index contributed by atoms with van der Waals surface area (Å²) in [5, 5.41) is 9.71. The number of thiazole rings is 1. The van der Waals surface area contributed by atoms with Gasteiger partial charge in [-0.25, -0.2) is 9.97 Å². The van der Waals surface area contributed by atoms with E-state index in [1.165, 1.54) is 0 Å². The highest BCUT2D eigenvalue weighted by Crippen LogP contribution is 2.34. The number of aryl methyl sites for hydroxylation is 1. The minimum Gasteiger partial charge on any atom is -0.494 e. The maximum Gasteiger partial charge on any atom is 0.255 e. The Balaban J connectivity index is 0.632. The highest BCUT2D eigenvalue weighted by molar-refractivity contribution is 9.10. The molecule has 83 heavy (non-hydrogen) atoms. The van der Waals surface area contributed by atoms with Gasteiger partial charge in [0.1, 0.15) is 29.4 Å². The van der Waals surface area contributed by atoms with Gasteiger partial charge in [-0.3, -0.25) is 19.2 Å². The topological polar surface area (TPSA) is 208 Å². The highest BCUT2D eigenvalue weighted by atomic mass is 79.9. The molecule has 3 aliphatic rings. The third kappa shape index (κ3) is 18.4. The van der Waals surface area contributed by atoms with Gasteiger partial charge >= 0.3 is 0 Å². The van der Waals surface area contributed by atoms with Gasteiger partial charge in [0.2, 0.25) is 23.7 Å². The summed E-state index contributed by atoms with van der Waals surface area (Å²) < 4.78 is 36.2. The summed E-state index contributed by atoms with van der Waals surface area (Å²) in [5.74, 6) is 2.39. The number of halogens is 1. The number of rotatable bonds is 36. The number of likely N-dealkylation sites (tertiary alicyclic amines) is 1. The van der Waals surface area contributed by atoms with Crippen LogP contribution >= 0.6 is 27.3 Å². The Morgan fingerprint density at radius 1 is 0.807 bits per heavy atom. The van der Waals surface area contributed by atoms with Crippen molar-refractivity contribution in [2.24, 2.45) is 11.8 Å². The zero-order chi connectivity index (χ0) is 58.3. The predicted octanol–water partition coefficient (Wildman–Crippen LogP) is 9.85. The minimum absolute atomic E-state index is 0.134. The Bertz CT molecular complexity index is 2870. The smallest absolute Gasteiger partial charge is 0.255 e. The Labute approximate surface area is 501 Å². The molecule has 0 radical (unpaired) electrons. The van der Waals surface area contributed by atoms with Gasteiger partial charge in [-0.05, 0) is 121 Å². The van der Waals surface area contributed by atoms with Crippen LogP contribution in [0.15, 0.2) is 82.9 Å². The summed E-state index contributed by atoms with van der Waals surface area (Å²) in [6.45, 7) is 13.8. The first kappa shape index (κ1) is 62.8. The predicted molar refractivity (Wildman–Crippen MR) is 324 cm³/mol. The lowest BCUT2D eigenvalue weighted by Crippen LogP contribution is -2.55. The molecular formula is C62H82BrN9O10S. The highest BCUT2D eigenvalue weighted by Gasteiger charge is 2.44. The molecule has 1 saturated carbocycles. The molecule has 3 aromatic carbocycles. The van der Waals surface area contributed by atoms with Crippen molar-refractivity contribution in [2.75, 3.05) is 103 Å². The van der Waals surface area contributed by atoms with Crippen LogP contribution in [-0.4, -0.2) is 158 Å². The zero-order valence-corrected chi connectivity index (χ0v) is 50.9.